The van der Waals surface area contributed by atoms with Gasteiger partial charge < -0.3 is 15.5 Å². The fourth-order valence-corrected chi connectivity index (χ4v) is 6.07. The van der Waals surface area contributed by atoms with Gasteiger partial charge in [0.05, 0.1) is 34.1 Å². The van der Waals surface area contributed by atoms with E-state index >= 15 is 0 Å². The topological polar surface area (TPSA) is 105 Å². The molecular weight excluding hydrogens is 486 g/mol. The van der Waals surface area contributed by atoms with E-state index < -0.39 is 0 Å². The standard InChI is InChI=1S/C27H27N7O2S/c1-17(35)30-27-31-22-9-8-21-24(19-3-2-10-29-16-19)32-34(25(21)26(22)37-27)20-6-4-18(5-7-20)15-23(36)33-13-11-28-12-14-33/h2-7,10,16,28H,8-9,11-15H2,1H3,(H,30,31,35). The second-order valence-electron chi connectivity index (χ2n) is 9.28. The van der Waals surface area contributed by atoms with Crippen LogP contribution in [0.25, 0.3) is 27.5 Å². The number of piperazine rings is 1. The fourth-order valence-electron chi connectivity index (χ4n) is 4.95. The lowest BCUT2D eigenvalue weighted by atomic mass is 9.95. The number of aryl methyl sites for hydroxylation is 1. The lowest BCUT2D eigenvalue weighted by Crippen LogP contribution is -2.46. The zero-order valence-corrected chi connectivity index (χ0v) is 21.3. The molecule has 1 aromatic carbocycles. The minimum absolute atomic E-state index is 0.137. The molecule has 1 fully saturated rings. The van der Waals surface area contributed by atoms with Crippen LogP contribution in [-0.2, 0) is 28.9 Å². The second-order valence-corrected chi connectivity index (χ2v) is 10.3. The number of pyridine rings is 1. The molecule has 4 heterocycles. The van der Waals surface area contributed by atoms with Gasteiger partial charge in [0.1, 0.15) is 0 Å². The summed E-state index contributed by atoms with van der Waals surface area (Å²) in [4.78, 5) is 36.3. The first-order valence-electron chi connectivity index (χ1n) is 12.4. The van der Waals surface area contributed by atoms with Crippen molar-refractivity contribution in [3.8, 4) is 27.5 Å². The van der Waals surface area contributed by atoms with Crippen molar-refractivity contribution in [1.82, 2.24) is 30.0 Å². The van der Waals surface area contributed by atoms with Crippen molar-refractivity contribution < 1.29 is 9.59 Å². The van der Waals surface area contributed by atoms with Gasteiger partial charge in [0.2, 0.25) is 11.8 Å². The highest BCUT2D eigenvalue weighted by molar-refractivity contribution is 7.19. The maximum absolute atomic E-state index is 12.7. The summed E-state index contributed by atoms with van der Waals surface area (Å²) in [5, 5.41) is 11.8. The van der Waals surface area contributed by atoms with Crippen molar-refractivity contribution in [3.05, 3.63) is 65.6 Å². The maximum Gasteiger partial charge on any atom is 0.227 e. The quantitative estimate of drug-likeness (QED) is 0.425. The van der Waals surface area contributed by atoms with Crippen LogP contribution in [0.4, 0.5) is 5.13 Å². The van der Waals surface area contributed by atoms with Crippen LogP contribution in [0.1, 0.15) is 23.7 Å². The molecule has 188 valence electrons. The minimum atomic E-state index is -0.137. The highest BCUT2D eigenvalue weighted by Crippen LogP contribution is 2.44. The Morgan fingerprint density at radius 1 is 1.11 bits per heavy atom. The number of nitrogens with zero attached hydrogens (tertiary/aromatic N) is 5. The van der Waals surface area contributed by atoms with Gasteiger partial charge in [-0.15, -0.1) is 0 Å². The van der Waals surface area contributed by atoms with Crippen LogP contribution < -0.4 is 10.6 Å². The first kappa shape index (κ1) is 23.5. The first-order valence-corrected chi connectivity index (χ1v) is 13.3. The predicted octanol–water partition coefficient (Wildman–Crippen LogP) is 3.09. The van der Waals surface area contributed by atoms with E-state index in [0.717, 1.165) is 83.4 Å². The summed E-state index contributed by atoms with van der Waals surface area (Å²) in [6.45, 7) is 4.69. The Balaban J connectivity index is 1.37. The van der Waals surface area contributed by atoms with Crippen molar-refractivity contribution in [1.29, 1.82) is 0 Å². The average molecular weight is 514 g/mol. The van der Waals surface area contributed by atoms with E-state index in [-0.39, 0.29) is 11.8 Å². The lowest BCUT2D eigenvalue weighted by Gasteiger charge is -2.27. The Morgan fingerprint density at radius 2 is 1.92 bits per heavy atom. The molecule has 0 unspecified atom stereocenters. The number of hydrogen-bond acceptors (Lipinski definition) is 7. The van der Waals surface area contributed by atoms with Crippen LogP contribution in [0.2, 0.25) is 0 Å². The molecule has 1 aliphatic heterocycles. The van der Waals surface area contributed by atoms with E-state index in [1.54, 1.807) is 6.20 Å². The van der Waals surface area contributed by atoms with Crippen molar-refractivity contribution in [2.24, 2.45) is 0 Å². The van der Waals surface area contributed by atoms with Crippen molar-refractivity contribution in [2.45, 2.75) is 26.2 Å². The number of hydrogen-bond donors (Lipinski definition) is 2. The van der Waals surface area contributed by atoms with Crippen LogP contribution in [0.5, 0.6) is 0 Å². The van der Waals surface area contributed by atoms with E-state index in [9.17, 15) is 9.59 Å². The summed E-state index contributed by atoms with van der Waals surface area (Å²) in [6.07, 6.45) is 5.56. The van der Waals surface area contributed by atoms with Crippen LogP contribution in [-0.4, -0.2) is 62.6 Å². The third kappa shape index (κ3) is 4.65. The Bertz CT molecular complexity index is 1450. The second kappa shape index (κ2) is 9.87. The predicted molar refractivity (Wildman–Crippen MR) is 143 cm³/mol. The highest BCUT2D eigenvalue weighted by atomic mass is 32.1. The Morgan fingerprint density at radius 3 is 2.65 bits per heavy atom. The monoisotopic (exact) mass is 513 g/mol. The number of fused-ring (bicyclic) bond motifs is 3. The van der Waals surface area contributed by atoms with Gasteiger partial charge in [-0.2, -0.15) is 5.10 Å². The van der Waals surface area contributed by atoms with E-state index in [1.165, 1.54) is 18.3 Å². The highest BCUT2D eigenvalue weighted by Gasteiger charge is 2.30. The molecule has 2 N–H and O–H groups in total. The minimum Gasteiger partial charge on any atom is -0.340 e. The molecule has 9 nitrogen and oxygen atoms in total. The number of nitrogens with one attached hydrogen (secondary N) is 2. The van der Waals surface area contributed by atoms with Crippen LogP contribution in [0, 0.1) is 0 Å². The van der Waals surface area contributed by atoms with Gasteiger partial charge in [-0.3, -0.25) is 14.6 Å². The SMILES string of the molecule is CC(=O)Nc1nc2c(s1)-c1c(c(-c3cccnc3)nn1-c1ccc(CC(=O)N3CCNCC3)cc1)CC2. The zero-order chi connectivity index (χ0) is 25.4. The van der Waals surface area contributed by atoms with E-state index in [4.69, 9.17) is 5.10 Å². The Hall–Kier alpha value is -3.89. The van der Waals surface area contributed by atoms with Crippen molar-refractivity contribution in [3.63, 3.8) is 0 Å². The molecule has 2 aliphatic rings. The third-order valence-corrected chi connectivity index (χ3v) is 7.75. The summed E-state index contributed by atoms with van der Waals surface area (Å²) in [5.74, 6) is 0.0196. The molecule has 1 saturated heterocycles. The molecular formula is C27H27N7O2S. The zero-order valence-electron chi connectivity index (χ0n) is 20.5. The summed E-state index contributed by atoms with van der Waals surface area (Å²) in [5.41, 5.74) is 6.87. The van der Waals surface area contributed by atoms with Gasteiger partial charge in [0, 0.05) is 56.6 Å². The van der Waals surface area contributed by atoms with Gasteiger partial charge in [-0.05, 0) is 42.7 Å². The van der Waals surface area contributed by atoms with Gasteiger partial charge >= 0.3 is 0 Å². The molecule has 37 heavy (non-hydrogen) atoms. The Kier molecular flexibility index (Phi) is 6.27. The van der Waals surface area contributed by atoms with Gasteiger partial charge in [0.25, 0.3) is 0 Å². The molecule has 0 bridgehead atoms. The molecule has 4 aromatic rings. The number of benzene rings is 1. The smallest absolute Gasteiger partial charge is 0.227 e. The molecule has 0 saturated carbocycles. The molecule has 10 heteroatoms. The van der Waals surface area contributed by atoms with E-state index in [1.807, 2.05) is 52.2 Å². The maximum atomic E-state index is 12.7. The number of carbonyl (C=O) groups is 2. The van der Waals surface area contributed by atoms with E-state index in [0.29, 0.717) is 11.6 Å². The molecule has 0 radical (unpaired) electrons. The molecule has 0 spiro atoms. The van der Waals surface area contributed by atoms with Crippen molar-refractivity contribution >= 4 is 28.3 Å². The van der Waals surface area contributed by atoms with Gasteiger partial charge in [0.15, 0.2) is 5.13 Å². The van der Waals surface area contributed by atoms with Gasteiger partial charge in [-0.25, -0.2) is 9.67 Å². The lowest BCUT2D eigenvalue weighted by molar-refractivity contribution is -0.131. The summed E-state index contributed by atoms with van der Waals surface area (Å²) >= 11 is 1.48. The summed E-state index contributed by atoms with van der Waals surface area (Å²) in [6, 6.07) is 12.0. The van der Waals surface area contributed by atoms with Crippen LogP contribution >= 0.6 is 11.3 Å². The van der Waals surface area contributed by atoms with Gasteiger partial charge in [-0.1, -0.05) is 23.5 Å². The number of thiazole rings is 1. The number of amides is 2. The number of rotatable bonds is 5. The molecule has 3 aromatic heterocycles. The third-order valence-electron chi connectivity index (χ3n) is 6.73. The van der Waals surface area contributed by atoms with E-state index in [2.05, 4.69) is 20.6 Å². The number of aromatic nitrogens is 4. The molecule has 2 amide bonds. The number of carbonyl (C=O) groups excluding carboxylic acids is 2. The number of anilines is 1. The summed E-state index contributed by atoms with van der Waals surface area (Å²) < 4.78 is 1.97. The Labute approximate surface area is 218 Å². The van der Waals surface area contributed by atoms with Crippen LogP contribution in [0.15, 0.2) is 48.8 Å². The molecule has 0 atom stereocenters. The fraction of sp³-hybridized carbons (Fsp3) is 0.296. The molecule has 1 aliphatic carbocycles. The summed E-state index contributed by atoms with van der Waals surface area (Å²) in [7, 11) is 0. The molecule has 6 rings (SSSR count). The first-order chi connectivity index (χ1) is 18.1. The van der Waals surface area contributed by atoms with Crippen molar-refractivity contribution in [2.75, 3.05) is 31.5 Å². The van der Waals surface area contributed by atoms with Crippen LogP contribution in [0.3, 0.4) is 0 Å². The normalized spacial score (nSPS) is 14.7. The largest absolute Gasteiger partial charge is 0.340 e. The average Bonchev–Trinajstić information content (AvgIpc) is 3.51.